The summed E-state index contributed by atoms with van der Waals surface area (Å²) in [6.07, 6.45) is 3.85. The van der Waals surface area contributed by atoms with Crippen LogP contribution in [0.1, 0.15) is 60.7 Å². The van der Waals surface area contributed by atoms with Crippen LogP contribution < -0.4 is 5.73 Å². The van der Waals surface area contributed by atoms with Gasteiger partial charge in [0.05, 0.1) is 5.69 Å². The Morgan fingerprint density at radius 3 is 2.55 bits per heavy atom. The molecule has 0 aliphatic rings. The third-order valence-electron chi connectivity index (χ3n) is 4.12. The molecule has 2 atom stereocenters. The molecule has 0 aliphatic carbocycles. The molecule has 4 nitrogen and oxygen atoms in total. The van der Waals surface area contributed by atoms with Crippen LogP contribution in [0.4, 0.5) is 0 Å². The number of rotatable bonds is 5. The molecule has 2 aromatic rings. The van der Waals surface area contributed by atoms with Gasteiger partial charge in [-0.15, -0.1) is 0 Å². The molecule has 4 heteroatoms. The van der Waals surface area contributed by atoms with Crippen molar-refractivity contribution in [2.75, 3.05) is 0 Å². The Morgan fingerprint density at radius 2 is 2.00 bits per heavy atom. The average Bonchev–Trinajstić information content (AvgIpc) is 2.94. The number of nitrogens with two attached hydrogens (primary N) is 1. The summed E-state index contributed by atoms with van der Waals surface area (Å²) in [5, 5.41) is 4.62. The third kappa shape index (κ3) is 2.80. The highest BCUT2D eigenvalue weighted by Gasteiger charge is 2.19. The molecule has 110 valence electrons. The lowest BCUT2D eigenvalue weighted by Gasteiger charge is -2.11. The Balaban J connectivity index is 2.15. The number of hydrogen-bond donors (Lipinski definition) is 1. The highest BCUT2D eigenvalue weighted by Crippen LogP contribution is 2.27. The van der Waals surface area contributed by atoms with Gasteiger partial charge in [0, 0.05) is 30.3 Å². The Kier molecular flexibility index (Phi) is 4.33. The van der Waals surface area contributed by atoms with E-state index < -0.39 is 0 Å². The zero-order valence-corrected chi connectivity index (χ0v) is 13.1. The lowest BCUT2D eigenvalue weighted by Crippen LogP contribution is -2.15. The van der Waals surface area contributed by atoms with Crippen molar-refractivity contribution in [2.45, 2.75) is 59.5 Å². The van der Waals surface area contributed by atoms with Crippen molar-refractivity contribution in [1.82, 2.24) is 9.78 Å². The van der Waals surface area contributed by atoms with Crippen LogP contribution in [0.5, 0.6) is 0 Å². The number of hydrogen-bond acceptors (Lipinski definition) is 3. The molecule has 20 heavy (non-hydrogen) atoms. The molecule has 0 radical (unpaired) electrons. The summed E-state index contributed by atoms with van der Waals surface area (Å²) in [4.78, 5) is 0. The second-order valence-corrected chi connectivity index (χ2v) is 5.61. The first-order valence-electron chi connectivity index (χ1n) is 7.30. The van der Waals surface area contributed by atoms with Crippen LogP contribution in [0.15, 0.2) is 16.7 Å². The topological polar surface area (TPSA) is 57.0 Å². The first-order chi connectivity index (χ1) is 9.43. The van der Waals surface area contributed by atoms with Gasteiger partial charge in [-0.3, -0.25) is 4.68 Å². The number of nitrogens with zero attached hydrogens (tertiary/aromatic N) is 2. The van der Waals surface area contributed by atoms with Gasteiger partial charge in [0.1, 0.15) is 11.5 Å². The van der Waals surface area contributed by atoms with E-state index in [0.29, 0.717) is 6.04 Å². The van der Waals surface area contributed by atoms with E-state index in [1.807, 2.05) is 24.7 Å². The average molecular weight is 275 g/mol. The highest BCUT2D eigenvalue weighted by atomic mass is 16.3. The van der Waals surface area contributed by atoms with Gasteiger partial charge in [-0.25, -0.2) is 0 Å². The van der Waals surface area contributed by atoms with Crippen molar-refractivity contribution in [3.8, 4) is 0 Å². The smallest absolute Gasteiger partial charge is 0.106 e. The first-order valence-corrected chi connectivity index (χ1v) is 7.30. The van der Waals surface area contributed by atoms with Crippen LogP contribution in [-0.2, 0) is 6.42 Å². The van der Waals surface area contributed by atoms with Crippen LogP contribution in [0.2, 0.25) is 0 Å². The van der Waals surface area contributed by atoms with Crippen LogP contribution in [-0.4, -0.2) is 9.78 Å². The summed E-state index contributed by atoms with van der Waals surface area (Å²) in [6, 6.07) is 2.43. The minimum Gasteiger partial charge on any atom is -0.466 e. The fourth-order valence-electron chi connectivity index (χ4n) is 2.60. The predicted molar refractivity (Wildman–Crippen MR) is 80.8 cm³/mol. The summed E-state index contributed by atoms with van der Waals surface area (Å²) in [7, 11) is 0. The lowest BCUT2D eigenvalue weighted by molar-refractivity contribution is 0.471. The second kappa shape index (κ2) is 5.83. The highest BCUT2D eigenvalue weighted by molar-refractivity contribution is 5.34. The summed E-state index contributed by atoms with van der Waals surface area (Å²) in [5.41, 5.74) is 9.68. The molecule has 0 amide bonds. The monoisotopic (exact) mass is 275 g/mol. The molecule has 2 aromatic heterocycles. The molecule has 0 bridgehead atoms. The van der Waals surface area contributed by atoms with Gasteiger partial charge < -0.3 is 10.2 Å². The quantitative estimate of drug-likeness (QED) is 0.906. The summed E-state index contributed by atoms with van der Waals surface area (Å²) >= 11 is 0. The van der Waals surface area contributed by atoms with Gasteiger partial charge in [0.25, 0.3) is 0 Å². The Morgan fingerprint density at radius 1 is 1.30 bits per heavy atom. The molecule has 0 fully saturated rings. The van der Waals surface area contributed by atoms with Crippen molar-refractivity contribution in [3.05, 3.63) is 40.6 Å². The lowest BCUT2D eigenvalue weighted by atomic mass is 9.99. The largest absolute Gasteiger partial charge is 0.466 e. The van der Waals surface area contributed by atoms with Gasteiger partial charge in [-0.2, -0.15) is 5.10 Å². The van der Waals surface area contributed by atoms with E-state index >= 15 is 0 Å². The Hall–Kier alpha value is -1.55. The standard InChI is InChI=1S/C16H25N3O/c1-6-10(2)19-8-7-14(18-19)9-15(17)16-11(3)12(4)20-13(16)5/h7-8,10,15H,6,9,17H2,1-5H3. The minimum atomic E-state index is -0.0623. The SMILES string of the molecule is CCC(C)n1ccc(CC(N)c2c(C)oc(C)c2C)n1. The molecule has 2 unspecified atom stereocenters. The van der Waals surface area contributed by atoms with Gasteiger partial charge in [-0.1, -0.05) is 6.92 Å². The van der Waals surface area contributed by atoms with Crippen LogP contribution in [0.25, 0.3) is 0 Å². The molecule has 0 aromatic carbocycles. The molecular formula is C16H25N3O. The second-order valence-electron chi connectivity index (χ2n) is 5.61. The molecule has 0 spiro atoms. The minimum absolute atomic E-state index is 0.0623. The molecule has 2 N–H and O–H groups in total. The fourth-order valence-corrected chi connectivity index (χ4v) is 2.60. The van der Waals surface area contributed by atoms with Crippen LogP contribution in [0, 0.1) is 20.8 Å². The zero-order chi connectivity index (χ0) is 14.9. The van der Waals surface area contributed by atoms with Crippen molar-refractivity contribution < 1.29 is 4.42 Å². The summed E-state index contributed by atoms with van der Waals surface area (Å²) in [6.45, 7) is 10.4. The van der Waals surface area contributed by atoms with Crippen molar-refractivity contribution in [1.29, 1.82) is 0 Å². The van der Waals surface area contributed by atoms with Crippen molar-refractivity contribution in [3.63, 3.8) is 0 Å². The first kappa shape index (κ1) is 14.9. The number of aromatic nitrogens is 2. The fraction of sp³-hybridized carbons (Fsp3) is 0.562. The number of aryl methyl sites for hydroxylation is 2. The molecule has 0 aliphatic heterocycles. The van der Waals surface area contributed by atoms with Gasteiger partial charge in [0.2, 0.25) is 0 Å². The normalized spacial score (nSPS) is 14.5. The van der Waals surface area contributed by atoms with Gasteiger partial charge >= 0.3 is 0 Å². The molecule has 0 saturated heterocycles. The van der Waals surface area contributed by atoms with E-state index in [9.17, 15) is 0 Å². The summed E-state index contributed by atoms with van der Waals surface area (Å²) in [5.74, 6) is 1.88. The maximum Gasteiger partial charge on any atom is 0.106 e. The molecular weight excluding hydrogens is 250 g/mol. The predicted octanol–water partition coefficient (Wildman–Crippen LogP) is 3.61. The molecule has 2 heterocycles. The number of furan rings is 1. The van der Waals surface area contributed by atoms with Gasteiger partial charge in [0.15, 0.2) is 0 Å². The summed E-state index contributed by atoms with van der Waals surface area (Å²) < 4.78 is 7.68. The van der Waals surface area contributed by atoms with Crippen molar-refractivity contribution >= 4 is 0 Å². The molecule has 2 rings (SSSR count). The van der Waals surface area contributed by atoms with Gasteiger partial charge in [-0.05, 0) is 45.7 Å². The maximum atomic E-state index is 6.35. The van der Waals surface area contributed by atoms with Crippen LogP contribution in [0.3, 0.4) is 0 Å². The maximum absolute atomic E-state index is 6.35. The zero-order valence-electron chi connectivity index (χ0n) is 13.1. The Labute approximate surface area is 121 Å². The van der Waals surface area contributed by atoms with E-state index in [1.165, 1.54) is 0 Å². The van der Waals surface area contributed by atoms with Crippen molar-refractivity contribution in [2.24, 2.45) is 5.73 Å². The van der Waals surface area contributed by atoms with E-state index in [1.54, 1.807) is 0 Å². The third-order valence-corrected chi connectivity index (χ3v) is 4.12. The van der Waals surface area contributed by atoms with E-state index in [-0.39, 0.29) is 6.04 Å². The van der Waals surface area contributed by atoms with Crippen LogP contribution >= 0.6 is 0 Å². The van der Waals surface area contributed by atoms with E-state index in [2.05, 4.69) is 31.9 Å². The Bertz CT molecular complexity index is 583. The molecule has 0 saturated carbocycles. The van der Waals surface area contributed by atoms with E-state index in [4.69, 9.17) is 10.2 Å². The van der Waals surface area contributed by atoms with E-state index in [0.717, 1.165) is 41.2 Å².